The first-order valence-corrected chi connectivity index (χ1v) is 8.08. The Morgan fingerprint density at radius 3 is 2.89 bits per heavy atom. The van der Waals surface area contributed by atoms with Crippen LogP contribution >= 0.6 is 31.9 Å². The Morgan fingerprint density at radius 1 is 1.33 bits per heavy atom. The van der Waals surface area contributed by atoms with Gasteiger partial charge in [0.05, 0.1) is 6.10 Å². The molecule has 2 unspecified atom stereocenters. The van der Waals surface area contributed by atoms with E-state index in [4.69, 9.17) is 4.74 Å². The van der Waals surface area contributed by atoms with Crippen LogP contribution in [0.2, 0.25) is 0 Å². The van der Waals surface area contributed by atoms with Gasteiger partial charge in [-0.2, -0.15) is 0 Å². The van der Waals surface area contributed by atoms with Crippen molar-refractivity contribution in [1.29, 1.82) is 0 Å². The van der Waals surface area contributed by atoms with Gasteiger partial charge in [0, 0.05) is 28.0 Å². The molecule has 0 bridgehead atoms. The first-order chi connectivity index (χ1) is 8.72. The molecule has 0 spiro atoms. The zero-order valence-corrected chi connectivity index (χ0v) is 13.8. The second-order valence-electron chi connectivity index (χ2n) is 4.67. The minimum Gasteiger partial charge on any atom is -0.373 e. The molecule has 0 radical (unpaired) electrons. The highest BCUT2D eigenvalue weighted by molar-refractivity contribution is 9.13. The normalized spacial score (nSPS) is 24.2. The molecule has 1 fully saturated rings. The number of halogens is 2. The first kappa shape index (κ1) is 14.5. The molecule has 2 atom stereocenters. The summed E-state index contributed by atoms with van der Waals surface area (Å²) in [6, 6.07) is 6.41. The van der Waals surface area contributed by atoms with Crippen LogP contribution in [0.4, 0.5) is 0 Å². The van der Waals surface area contributed by atoms with Gasteiger partial charge >= 0.3 is 0 Å². The van der Waals surface area contributed by atoms with Crippen molar-refractivity contribution < 1.29 is 4.74 Å². The zero-order chi connectivity index (χ0) is 13.0. The van der Waals surface area contributed by atoms with Gasteiger partial charge in [-0.05, 0) is 68.9 Å². The summed E-state index contributed by atoms with van der Waals surface area (Å²) in [6.07, 6.45) is 2.64. The molecule has 0 aliphatic carbocycles. The van der Waals surface area contributed by atoms with Crippen LogP contribution in [0, 0.1) is 5.92 Å². The fourth-order valence-corrected chi connectivity index (χ4v) is 3.08. The average Bonchev–Trinajstić information content (AvgIpc) is 2.40. The van der Waals surface area contributed by atoms with Crippen molar-refractivity contribution in [3.63, 3.8) is 0 Å². The van der Waals surface area contributed by atoms with Crippen LogP contribution in [0.25, 0.3) is 0 Å². The highest BCUT2D eigenvalue weighted by Gasteiger charge is 2.27. The van der Waals surface area contributed by atoms with Crippen LogP contribution in [0.3, 0.4) is 0 Å². The van der Waals surface area contributed by atoms with Crippen LogP contribution in [0.5, 0.6) is 0 Å². The van der Waals surface area contributed by atoms with Crippen molar-refractivity contribution in [2.75, 3.05) is 19.7 Å². The van der Waals surface area contributed by atoms with Crippen LogP contribution < -0.4 is 5.32 Å². The second-order valence-corrected chi connectivity index (χ2v) is 6.38. The average molecular weight is 377 g/mol. The molecule has 0 amide bonds. The van der Waals surface area contributed by atoms with Crippen molar-refractivity contribution >= 4 is 31.9 Å². The van der Waals surface area contributed by atoms with E-state index < -0.39 is 0 Å². The lowest BCUT2D eigenvalue weighted by molar-refractivity contribution is -0.0276. The minimum atomic E-state index is 0.224. The zero-order valence-electron chi connectivity index (χ0n) is 10.6. The van der Waals surface area contributed by atoms with Gasteiger partial charge < -0.3 is 10.1 Å². The Labute approximate surface area is 126 Å². The topological polar surface area (TPSA) is 21.3 Å². The molecular formula is C14H19Br2NO. The predicted octanol–water partition coefficient (Wildman–Crippen LogP) is 4.29. The predicted molar refractivity (Wildman–Crippen MR) is 81.8 cm³/mol. The largest absolute Gasteiger partial charge is 0.373 e. The van der Waals surface area contributed by atoms with Gasteiger partial charge in [0.15, 0.2) is 0 Å². The number of nitrogens with one attached hydrogen (secondary N) is 1. The van der Waals surface area contributed by atoms with Crippen molar-refractivity contribution in [1.82, 2.24) is 5.32 Å². The summed E-state index contributed by atoms with van der Waals surface area (Å²) in [5, 5.41) is 3.44. The molecule has 1 aliphatic heterocycles. The Kier molecular flexibility index (Phi) is 5.67. The van der Waals surface area contributed by atoms with Gasteiger partial charge in [-0.3, -0.25) is 0 Å². The summed E-state index contributed by atoms with van der Waals surface area (Å²) in [4.78, 5) is 0. The molecule has 1 aromatic carbocycles. The van der Waals surface area contributed by atoms with E-state index in [2.05, 4.69) is 62.3 Å². The lowest BCUT2D eigenvalue weighted by Gasteiger charge is -2.32. The van der Waals surface area contributed by atoms with Gasteiger partial charge in [0.1, 0.15) is 0 Å². The van der Waals surface area contributed by atoms with Crippen molar-refractivity contribution in [3.8, 4) is 0 Å². The van der Waals surface area contributed by atoms with E-state index in [-0.39, 0.29) is 6.10 Å². The molecule has 1 heterocycles. The van der Waals surface area contributed by atoms with Crippen LogP contribution in [-0.4, -0.2) is 19.7 Å². The second kappa shape index (κ2) is 7.04. The maximum atomic E-state index is 5.99. The van der Waals surface area contributed by atoms with Crippen molar-refractivity contribution in [2.24, 2.45) is 5.92 Å². The quantitative estimate of drug-likeness (QED) is 0.846. The van der Waals surface area contributed by atoms with E-state index in [0.717, 1.165) is 28.6 Å². The van der Waals surface area contributed by atoms with Crippen LogP contribution in [-0.2, 0) is 4.74 Å². The fraction of sp³-hybridized carbons (Fsp3) is 0.571. The summed E-state index contributed by atoms with van der Waals surface area (Å²) in [6.45, 7) is 5.08. The number of benzene rings is 1. The van der Waals surface area contributed by atoms with E-state index in [9.17, 15) is 0 Å². The summed E-state index contributed by atoms with van der Waals surface area (Å²) < 4.78 is 8.17. The van der Waals surface area contributed by atoms with Gasteiger partial charge in [0.25, 0.3) is 0 Å². The summed E-state index contributed by atoms with van der Waals surface area (Å²) in [5.74, 6) is 0.576. The highest BCUT2D eigenvalue weighted by atomic mass is 79.9. The molecule has 100 valence electrons. The smallest absolute Gasteiger partial charge is 0.0865 e. The minimum absolute atomic E-state index is 0.224. The Bertz CT molecular complexity index is 397. The summed E-state index contributed by atoms with van der Waals surface area (Å²) in [7, 11) is 0. The maximum Gasteiger partial charge on any atom is 0.0865 e. The van der Waals surface area contributed by atoms with Crippen LogP contribution in [0.15, 0.2) is 27.1 Å². The van der Waals surface area contributed by atoms with Crippen molar-refractivity contribution in [3.05, 3.63) is 32.7 Å². The molecule has 2 nitrogen and oxygen atoms in total. The number of hydrogen-bond donors (Lipinski definition) is 1. The summed E-state index contributed by atoms with van der Waals surface area (Å²) >= 11 is 7.08. The van der Waals surface area contributed by atoms with Crippen molar-refractivity contribution in [2.45, 2.75) is 25.9 Å². The molecule has 0 aromatic heterocycles. The van der Waals surface area contributed by atoms with Gasteiger partial charge in [-0.1, -0.05) is 13.0 Å². The lowest BCUT2D eigenvalue weighted by atomic mass is 9.89. The molecule has 1 aliphatic rings. The van der Waals surface area contributed by atoms with E-state index in [1.165, 1.54) is 18.4 Å². The molecule has 0 saturated carbocycles. The Balaban J connectivity index is 2.14. The summed E-state index contributed by atoms with van der Waals surface area (Å²) in [5.41, 5.74) is 1.27. The van der Waals surface area contributed by atoms with Crippen LogP contribution in [0.1, 0.15) is 31.4 Å². The third-order valence-corrected chi connectivity index (χ3v) is 5.25. The molecular weight excluding hydrogens is 358 g/mol. The van der Waals surface area contributed by atoms with Gasteiger partial charge in [-0.15, -0.1) is 0 Å². The third-order valence-electron chi connectivity index (χ3n) is 3.37. The molecule has 1 N–H and O–H groups in total. The maximum absolute atomic E-state index is 5.99. The fourth-order valence-electron chi connectivity index (χ4n) is 2.44. The van der Waals surface area contributed by atoms with E-state index in [1.54, 1.807) is 0 Å². The molecule has 1 saturated heterocycles. The SMILES string of the molecule is CCNCC1CCCOC1c1ccc(Br)c(Br)c1. The number of ether oxygens (including phenoxy) is 1. The van der Waals surface area contributed by atoms with E-state index in [0.29, 0.717) is 5.92 Å². The number of hydrogen-bond acceptors (Lipinski definition) is 2. The molecule has 1 aromatic rings. The van der Waals surface area contributed by atoms with Gasteiger partial charge in [0.2, 0.25) is 0 Å². The Morgan fingerprint density at radius 2 is 2.17 bits per heavy atom. The molecule has 2 rings (SSSR count). The third kappa shape index (κ3) is 3.56. The van der Waals surface area contributed by atoms with E-state index in [1.807, 2.05) is 0 Å². The first-order valence-electron chi connectivity index (χ1n) is 6.49. The highest BCUT2D eigenvalue weighted by Crippen LogP contribution is 2.35. The molecule has 18 heavy (non-hydrogen) atoms. The Hall–Kier alpha value is 0.1000. The standard InChI is InChI=1S/C14H19Br2NO/c1-2-17-9-11-4-3-7-18-14(11)10-5-6-12(15)13(16)8-10/h5-6,8,11,14,17H,2-4,7,9H2,1H3. The number of rotatable bonds is 4. The van der Waals surface area contributed by atoms with E-state index >= 15 is 0 Å². The lowest BCUT2D eigenvalue weighted by Crippen LogP contribution is -2.31. The molecule has 4 heteroatoms. The monoisotopic (exact) mass is 375 g/mol. The van der Waals surface area contributed by atoms with Gasteiger partial charge in [-0.25, -0.2) is 0 Å².